The zero-order valence-corrected chi connectivity index (χ0v) is 21.8. The van der Waals surface area contributed by atoms with E-state index in [1.54, 1.807) is 0 Å². The molecular formula is C35H31N2+. The molecular weight excluding hydrogens is 448 g/mol. The molecule has 180 valence electrons. The Kier molecular flexibility index (Phi) is 4.94. The minimum atomic E-state index is 0.0292. The fourth-order valence-electron chi connectivity index (χ4n) is 6.68. The van der Waals surface area contributed by atoms with Gasteiger partial charge in [0, 0.05) is 24.6 Å². The van der Waals surface area contributed by atoms with Gasteiger partial charge in [0.25, 0.3) is 0 Å². The summed E-state index contributed by atoms with van der Waals surface area (Å²) in [5.74, 6) is 0. The van der Waals surface area contributed by atoms with Gasteiger partial charge in [0.15, 0.2) is 11.7 Å². The molecule has 0 atom stereocenters. The highest BCUT2D eigenvalue weighted by Gasteiger charge is 2.44. The Morgan fingerprint density at radius 2 is 1.41 bits per heavy atom. The molecule has 0 aliphatic carbocycles. The molecule has 0 unspecified atom stereocenters. The summed E-state index contributed by atoms with van der Waals surface area (Å²) in [6.45, 7) is 6.84. The Balaban J connectivity index is 1.69. The maximum Gasteiger partial charge on any atom is 0.240 e. The van der Waals surface area contributed by atoms with E-state index >= 15 is 0 Å². The Bertz CT molecular complexity index is 1810. The maximum atomic E-state index is 5.24. The number of hydrogen-bond acceptors (Lipinski definition) is 1. The van der Waals surface area contributed by atoms with Gasteiger partial charge < -0.3 is 0 Å². The molecule has 6 aromatic rings. The summed E-state index contributed by atoms with van der Waals surface area (Å²) in [7, 11) is 0. The van der Waals surface area contributed by atoms with Crippen molar-refractivity contribution in [1.82, 2.24) is 4.98 Å². The quantitative estimate of drug-likeness (QED) is 0.183. The van der Waals surface area contributed by atoms with Gasteiger partial charge in [-0.15, -0.1) is 0 Å². The molecule has 1 aromatic heterocycles. The molecule has 5 aromatic carbocycles. The van der Waals surface area contributed by atoms with E-state index in [0.29, 0.717) is 0 Å². The highest BCUT2D eigenvalue weighted by molar-refractivity contribution is 6.24. The van der Waals surface area contributed by atoms with E-state index in [4.69, 9.17) is 4.98 Å². The molecule has 1 aliphatic rings. The third kappa shape index (κ3) is 3.18. The van der Waals surface area contributed by atoms with Gasteiger partial charge in [-0.25, -0.2) is 4.98 Å². The summed E-state index contributed by atoms with van der Waals surface area (Å²) in [4.78, 5) is 5.24. The van der Waals surface area contributed by atoms with Gasteiger partial charge in [0.1, 0.15) is 11.2 Å². The molecule has 2 heterocycles. The van der Waals surface area contributed by atoms with Crippen LogP contribution in [0, 0.1) is 6.92 Å². The molecule has 7 rings (SSSR count). The molecule has 1 aliphatic heterocycles. The average molecular weight is 480 g/mol. The van der Waals surface area contributed by atoms with E-state index in [-0.39, 0.29) is 5.54 Å². The van der Waals surface area contributed by atoms with Crippen LogP contribution in [-0.2, 0) is 12.0 Å². The molecule has 0 amide bonds. The summed E-state index contributed by atoms with van der Waals surface area (Å²) in [5.41, 5.74) is 10.1. The lowest BCUT2D eigenvalue weighted by Crippen LogP contribution is -2.59. The summed E-state index contributed by atoms with van der Waals surface area (Å²) >= 11 is 0. The predicted octanol–water partition coefficient (Wildman–Crippen LogP) is 8.54. The van der Waals surface area contributed by atoms with E-state index in [1.807, 2.05) is 0 Å². The van der Waals surface area contributed by atoms with Crippen molar-refractivity contribution in [2.75, 3.05) is 0 Å². The smallest absolute Gasteiger partial charge is 0.240 e. The second kappa shape index (κ2) is 8.24. The molecule has 37 heavy (non-hydrogen) atoms. The van der Waals surface area contributed by atoms with E-state index in [2.05, 4.69) is 123 Å². The lowest BCUT2D eigenvalue weighted by molar-refractivity contribution is -0.744. The van der Waals surface area contributed by atoms with Crippen LogP contribution in [0.1, 0.15) is 37.9 Å². The van der Waals surface area contributed by atoms with Gasteiger partial charge in [0.05, 0.1) is 5.39 Å². The summed E-state index contributed by atoms with van der Waals surface area (Å²) < 4.78 is 2.60. The minimum absolute atomic E-state index is 0.0292. The SMILES string of the molecule is CCC1(CC)Cc2c(-c3ccccc3)ccc3c4ccc(-c5ccccc5)cc4c4nc(C)c[n+]1c4c23. The standard InChI is InChI=1S/C35H31N2/c1-4-35(5-2)21-31-27(25-14-10-7-11-15-25)18-19-29-28-17-16-26(24-12-8-6-9-13-24)20-30(28)33-34(32(29)31)37(35)22-23(3)36-33/h6-20,22H,4-5,21H2,1-3H3/q+1. The Morgan fingerprint density at radius 3 is 2.11 bits per heavy atom. The number of hydrogen-bond donors (Lipinski definition) is 0. The van der Waals surface area contributed by atoms with Gasteiger partial charge in [-0.3, -0.25) is 0 Å². The monoisotopic (exact) mass is 479 g/mol. The molecule has 0 N–H and O–H groups in total. The molecule has 2 nitrogen and oxygen atoms in total. The summed E-state index contributed by atoms with van der Waals surface area (Å²) in [5, 5.41) is 5.23. The molecule has 2 heteroatoms. The lowest BCUT2D eigenvalue weighted by atomic mass is 9.77. The van der Waals surface area contributed by atoms with Crippen LogP contribution < -0.4 is 4.57 Å². The zero-order chi connectivity index (χ0) is 25.1. The number of aryl methyl sites for hydroxylation is 1. The molecule has 0 saturated carbocycles. The van der Waals surface area contributed by atoms with E-state index in [9.17, 15) is 0 Å². The lowest BCUT2D eigenvalue weighted by Gasteiger charge is -2.33. The second-order valence-electron chi connectivity index (χ2n) is 10.6. The first-order valence-electron chi connectivity index (χ1n) is 13.5. The van der Waals surface area contributed by atoms with Crippen molar-refractivity contribution < 1.29 is 4.57 Å². The zero-order valence-electron chi connectivity index (χ0n) is 21.8. The van der Waals surface area contributed by atoms with E-state index < -0.39 is 0 Å². The van der Waals surface area contributed by atoms with Crippen molar-refractivity contribution in [2.24, 2.45) is 0 Å². The van der Waals surface area contributed by atoms with Crippen molar-refractivity contribution in [3.63, 3.8) is 0 Å². The number of fused-ring (bicyclic) bond motifs is 3. The second-order valence-corrected chi connectivity index (χ2v) is 10.6. The van der Waals surface area contributed by atoms with Crippen LogP contribution >= 0.6 is 0 Å². The van der Waals surface area contributed by atoms with Gasteiger partial charge in [-0.05, 0) is 51.6 Å². The van der Waals surface area contributed by atoms with Crippen molar-refractivity contribution in [2.45, 2.75) is 45.6 Å². The minimum Gasteiger partial charge on any atom is -0.240 e. The first kappa shape index (κ1) is 22.2. The average Bonchev–Trinajstić information content (AvgIpc) is 2.96. The third-order valence-electron chi connectivity index (χ3n) is 8.71. The van der Waals surface area contributed by atoms with Gasteiger partial charge in [-0.2, -0.15) is 4.57 Å². The van der Waals surface area contributed by atoms with E-state index in [0.717, 1.165) is 30.5 Å². The molecule has 0 fully saturated rings. The van der Waals surface area contributed by atoms with Gasteiger partial charge in [-0.1, -0.05) is 98.8 Å². The Morgan fingerprint density at radius 1 is 0.730 bits per heavy atom. The number of rotatable bonds is 4. The number of nitrogens with zero attached hydrogens (tertiary/aromatic N) is 2. The van der Waals surface area contributed by atoms with Crippen molar-refractivity contribution >= 4 is 32.6 Å². The van der Waals surface area contributed by atoms with Gasteiger partial charge in [0.2, 0.25) is 5.52 Å². The third-order valence-corrected chi connectivity index (χ3v) is 8.71. The molecule has 0 saturated heterocycles. The maximum absolute atomic E-state index is 5.24. The molecule has 0 spiro atoms. The normalized spacial score (nSPS) is 14.1. The molecule has 0 radical (unpaired) electrons. The molecule has 0 bridgehead atoms. The van der Waals surface area contributed by atoms with Crippen LogP contribution in [0.2, 0.25) is 0 Å². The first-order valence-corrected chi connectivity index (χ1v) is 13.5. The van der Waals surface area contributed by atoms with Crippen molar-refractivity contribution in [3.05, 3.63) is 108 Å². The number of benzene rings is 5. The fourth-order valence-corrected chi connectivity index (χ4v) is 6.68. The van der Waals surface area contributed by atoms with Crippen LogP contribution in [0.15, 0.2) is 97.2 Å². The van der Waals surface area contributed by atoms with Crippen LogP contribution in [0.3, 0.4) is 0 Å². The number of aromatic nitrogens is 2. The van der Waals surface area contributed by atoms with Gasteiger partial charge >= 0.3 is 0 Å². The van der Waals surface area contributed by atoms with E-state index in [1.165, 1.54) is 54.9 Å². The largest absolute Gasteiger partial charge is 0.240 e. The fraction of sp³-hybridized carbons (Fsp3) is 0.200. The van der Waals surface area contributed by atoms with Crippen LogP contribution in [0.5, 0.6) is 0 Å². The topological polar surface area (TPSA) is 16.8 Å². The highest BCUT2D eigenvalue weighted by atomic mass is 15.1. The van der Waals surface area contributed by atoms with Crippen LogP contribution in [-0.4, -0.2) is 4.98 Å². The van der Waals surface area contributed by atoms with Crippen molar-refractivity contribution in [1.29, 1.82) is 0 Å². The summed E-state index contributed by atoms with van der Waals surface area (Å²) in [6, 6.07) is 33.2. The summed E-state index contributed by atoms with van der Waals surface area (Å²) in [6.07, 6.45) is 5.50. The Labute approximate surface area is 218 Å². The predicted molar refractivity (Wildman–Crippen MR) is 155 cm³/mol. The van der Waals surface area contributed by atoms with Crippen LogP contribution in [0.4, 0.5) is 0 Å². The Hall–Kier alpha value is -4.04. The highest BCUT2D eigenvalue weighted by Crippen LogP contribution is 2.45. The van der Waals surface area contributed by atoms with Crippen molar-refractivity contribution in [3.8, 4) is 22.3 Å². The first-order chi connectivity index (χ1) is 18.1. The van der Waals surface area contributed by atoms with Crippen LogP contribution in [0.25, 0.3) is 54.8 Å².